The predicted molar refractivity (Wildman–Crippen MR) is 364 cm³/mol. The largest absolute Gasteiger partial charge is 0.361 e. The van der Waals surface area contributed by atoms with Crippen LogP contribution in [0.1, 0.15) is 136 Å². The average molecular weight is 1230 g/mol. The highest BCUT2D eigenvalue weighted by Crippen LogP contribution is 2.35. The number of carbonyl (C=O) groups excluding carboxylic acids is 6. The number of aryl methyl sites for hydroxylation is 3. The summed E-state index contributed by atoms with van der Waals surface area (Å²) < 4.78 is 0. The van der Waals surface area contributed by atoms with Crippen molar-refractivity contribution in [3.05, 3.63) is 198 Å². The van der Waals surface area contributed by atoms with Gasteiger partial charge in [-0.25, -0.2) is 0 Å². The van der Waals surface area contributed by atoms with E-state index in [9.17, 15) is 28.8 Å². The molecule has 3 heterocycles. The van der Waals surface area contributed by atoms with Crippen LogP contribution in [0.4, 0.5) is 17.1 Å². The van der Waals surface area contributed by atoms with Crippen LogP contribution >= 0.6 is 0 Å². The van der Waals surface area contributed by atoms with Gasteiger partial charge in [-0.1, -0.05) is 91.0 Å². The summed E-state index contributed by atoms with van der Waals surface area (Å²) in [5.41, 5.74) is 28.4. The Morgan fingerprint density at radius 2 is 0.615 bits per heavy atom. The Kier molecular flexibility index (Phi) is 24.7. The molecule has 0 saturated carbocycles. The number of benzene rings is 6. The molecule has 9 rings (SSSR count). The van der Waals surface area contributed by atoms with Gasteiger partial charge >= 0.3 is 0 Å². The molecule has 0 saturated heterocycles. The lowest BCUT2D eigenvalue weighted by molar-refractivity contribution is -0.126. The number of anilines is 3. The van der Waals surface area contributed by atoms with Gasteiger partial charge in [0, 0.05) is 93.5 Å². The van der Waals surface area contributed by atoms with E-state index in [0.29, 0.717) is 133 Å². The molecule has 0 fully saturated rings. The number of aromatic nitrogens is 3. The van der Waals surface area contributed by atoms with E-state index < -0.39 is 18.1 Å². The standard InChI is InChI=1S/C73H88N12O6/c74-43-10-7-25-64(83-67(86)28-13-16-52-46-77-61-22-4-1-19-58(52)61)71(89)80-55-37-31-49(32-38-55)70(50-33-39-56(40-34-50)81-72(90)65(26-8-11-44-75)84-68(87)29-14-17-53-47-78-62-23-5-2-20-59(53)62)51-35-41-57(42-36-51)82-73(91)66(27-9-12-45-76)85-69(88)30-15-18-54-48-79-63-24-6-3-21-60(54)63/h1-6,19-24,31-42,46-48,64-66,70,77-79H,7-18,25-30,43-45,74-76H2,(H,80,89)(H,81,90)(H,82,91)(H,83,86)(H,84,87)(H,85,88)/t64-,65-,66-/m0/s1. The molecule has 3 atom stereocenters. The molecule has 0 aliphatic rings. The number of rotatable bonds is 36. The number of hydrogen-bond acceptors (Lipinski definition) is 9. The van der Waals surface area contributed by atoms with Crippen LogP contribution in [0.5, 0.6) is 0 Å². The second-order valence-corrected chi connectivity index (χ2v) is 23.6. The van der Waals surface area contributed by atoms with Gasteiger partial charge in [-0.3, -0.25) is 28.8 Å². The molecule has 18 nitrogen and oxygen atoms in total. The fourth-order valence-corrected chi connectivity index (χ4v) is 12.0. The second-order valence-electron chi connectivity index (χ2n) is 23.6. The molecular formula is C73H88N12O6. The van der Waals surface area contributed by atoms with E-state index in [1.54, 1.807) is 0 Å². The van der Waals surface area contributed by atoms with E-state index in [1.807, 2.05) is 146 Å². The molecule has 18 heteroatoms. The van der Waals surface area contributed by atoms with E-state index in [4.69, 9.17) is 17.2 Å². The summed E-state index contributed by atoms with van der Waals surface area (Å²) >= 11 is 0. The summed E-state index contributed by atoms with van der Waals surface area (Å²) in [6.07, 6.45) is 16.2. The molecule has 6 aromatic carbocycles. The van der Waals surface area contributed by atoms with Crippen molar-refractivity contribution in [3.8, 4) is 0 Å². The Labute approximate surface area is 532 Å². The van der Waals surface area contributed by atoms with Crippen molar-refractivity contribution >= 4 is 85.2 Å². The summed E-state index contributed by atoms with van der Waals surface area (Å²) in [7, 11) is 0. The molecule has 0 radical (unpaired) electrons. The maximum absolute atomic E-state index is 14.0. The van der Waals surface area contributed by atoms with Crippen LogP contribution in [-0.2, 0) is 48.0 Å². The van der Waals surface area contributed by atoms with Gasteiger partial charge in [0.15, 0.2) is 0 Å². The molecule has 0 aliphatic heterocycles. The summed E-state index contributed by atoms with van der Waals surface area (Å²) in [5, 5.41) is 21.6. The number of carbonyl (C=O) groups is 6. The fourth-order valence-electron chi connectivity index (χ4n) is 12.0. The second kappa shape index (κ2) is 34.0. The zero-order valence-corrected chi connectivity index (χ0v) is 51.9. The quantitative estimate of drug-likeness (QED) is 0.0131. The zero-order valence-electron chi connectivity index (χ0n) is 51.9. The van der Waals surface area contributed by atoms with E-state index in [2.05, 4.69) is 65.1 Å². The number of para-hydroxylation sites is 3. The third-order valence-electron chi connectivity index (χ3n) is 16.9. The van der Waals surface area contributed by atoms with Gasteiger partial charge in [0.1, 0.15) is 18.1 Å². The predicted octanol–water partition coefficient (Wildman–Crippen LogP) is 11.0. The summed E-state index contributed by atoms with van der Waals surface area (Å²) in [4.78, 5) is 92.1. The smallest absolute Gasteiger partial charge is 0.246 e. The Bertz CT molecular complexity index is 3420. The molecule has 15 N–H and O–H groups in total. The maximum atomic E-state index is 14.0. The number of nitrogens with one attached hydrogen (secondary N) is 9. The fraction of sp³-hybridized carbons (Fsp3) is 0.342. The molecule has 476 valence electrons. The van der Waals surface area contributed by atoms with Crippen LogP contribution in [0.25, 0.3) is 32.7 Å². The number of fused-ring (bicyclic) bond motifs is 3. The van der Waals surface area contributed by atoms with Gasteiger partial charge in [-0.05, 0) is 204 Å². The third-order valence-corrected chi connectivity index (χ3v) is 16.9. The number of hydrogen-bond donors (Lipinski definition) is 12. The molecule has 0 bridgehead atoms. The summed E-state index contributed by atoms with van der Waals surface area (Å²) in [6.45, 7) is 1.41. The van der Waals surface area contributed by atoms with E-state index in [-0.39, 0.29) is 60.6 Å². The summed E-state index contributed by atoms with van der Waals surface area (Å²) in [5.74, 6) is -1.94. The number of unbranched alkanes of at least 4 members (excludes halogenated alkanes) is 3. The molecule has 0 unspecified atom stereocenters. The lowest BCUT2D eigenvalue weighted by Crippen LogP contribution is -2.43. The Morgan fingerprint density at radius 3 is 0.890 bits per heavy atom. The van der Waals surface area contributed by atoms with Gasteiger partial charge in [0.05, 0.1) is 0 Å². The van der Waals surface area contributed by atoms with Gasteiger partial charge in [-0.15, -0.1) is 0 Å². The molecule has 6 amide bonds. The molecule has 3 aromatic heterocycles. The third kappa shape index (κ3) is 19.1. The Hall–Kier alpha value is -9.36. The number of H-pyrrole nitrogens is 3. The van der Waals surface area contributed by atoms with Crippen molar-refractivity contribution < 1.29 is 28.8 Å². The van der Waals surface area contributed by atoms with Crippen LogP contribution in [0, 0.1) is 0 Å². The Balaban J connectivity index is 0.883. The SMILES string of the molecule is NCCCC[C@H](NC(=O)CCCc1c[nH]c2ccccc12)C(=O)Nc1ccc(C(c2ccc(NC(=O)[C@H](CCCCN)NC(=O)CCCc3c[nH]c4ccccc34)cc2)c2ccc(NC(=O)[C@H](CCCCN)NC(=O)CCCc3c[nH]c4ccccc34)cc2)cc1. The van der Waals surface area contributed by atoms with Crippen molar-refractivity contribution in [2.24, 2.45) is 17.2 Å². The first-order chi connectivity index (χ1) is 44.5. The van der Waals surface area contributed by atoms with Crippen molar-refractivity contribution in [2.75, 3.05) is 35.6 Å². The molecule has 9 aromatic rings. The van der Waals surface area contributed by atoms with E-state index >= 15 is 0 Å². The highest BCUT2D eigenvalue weighted by Gasteiger charge is 2.26. The average Bonchev–Trinajstić information content (AvgIpc) is 2.84. The van der Waals surface area contributed by atoms with Crippen molar-refractivity contribution in [1.82, 2.24) is 30.9 Å². The number of amides is 6. The minimum absolute atomic E-state index is 0.196. The molecule has 0 aliphatic carbocycles. The minimum Gasteiger partial charge on any atom is -0.361 e. The molecule has 91 heavy (non-hydrogen) atoms. The van der Waals surface area contributed by atoms with Crippen LogP contribution in [-0.4, -0.2) is 88.2 Å². The first-order valence-electron chi connectivity index (χ1n) is 32.3. The molecular weight excluding hydrogens is 1140 g/mol. The topological polar surface area (TPSA) is 300 Å². The van der Waals surface area contributed by atoms with E-state index in [0.717, 1.165) is 66.1 Å². The number of aromatic amines is 3. The Morgan fingerprint density at radius 1 is 0.341 bits per heavy atom. The normalized spacial score (nSPS) is 12.4. The van der Waals surface area contributed by atoms with Crippen LogP contribution < -0.4 is 49.1 Å². The monoisotopic (exact) mass is 1230 g/mol. The van der Waals surface area contributed by atoms with Gasteiger partial charge in [0.25, 0.3) is 0 Å². The lowest BCUT2D eigenvalue weighted by Gasteiger charge is -2.22. The van der Waals surface area contributed by atoms with Crippen LogP contribution in [0.2, 0.25) is 0 Å². The van der Waals surface area contributed by atoms with E-state index in [1.165, 1.54) is 0 Å². The van der Waals surface area contributed by atoms with Gasteiger partial charge < -0.3 is 64.1 Å². The maximum Gasteiger partial charge on any atom is 0.246 e. The summed E-state index contributed by atoms with van der Waals surface area (Å²) in [6, 6.07) is 44.7. The zero-order chi connectivity index (χ0) is 63.7. The van der Waals surface area contributed by atoms with Gasteiger partial charge in [0.2, 0.25) is 35.4 Å². The highest BCUT2D eigenvalue weighted by molar-refractivity contribution is 5.99. The van der Waals surface area contributed by atoms with Crippen molar-refractivity contribution in [3.63, 3.8) is 0 Å². The van der Waals surface area contributed by atoms with Crippen LogP contribution in [0.15, 0.2) is 164 Å². The minimum atomic E-state index is -0.768. The lowest BCUT2D eigenvalue weighted by atomic mass is 9.85. The number of nitrogens with two attached hydrogens (primary N) is 3. The van der Waals surface area contributed by atoms with Crippen LogP contribution in [0.3, 0.4) is 0 Å². The highest BCUT2D eigenvalue weighted by atomic mass is 16.2. The van der Waals surface area contributed by atoms with Gasteiger partial charge in [-0.2, -0.15) is 0 Å². The first-order valence-corrected chi connectivity index (χ1v) is 32.3. The van der Waals surface area contributed by atoms with Crippen molar-refractivity contribution in [2.45, 2.75) is 140 Å². The van der Waals surface area contributed by atoms with Crippen molar-refractivity contribution in [1.29, 1.82) is 0 Å². The molecule has 0 spiro atoms. The first kappa shape index (κ1) is 66.1.